The van der Waals surface area contributed by atoms with Gasteiger partial charge in [0.2, 0.25) is 5.91 Å². The predicted octanol–water partition coefficient (Wildman–Crippen LogP) is 3.43. The highest BCUT2D eigenvalue weighted by Gasteiger charge is 2.26. The summed E-state index contributed by atoms with van der Waals surface area (Å²) in [4.78, 5) is 32.6. The molecule has 2 saturated heterocycles. The molecule has 3 rings (SSSR count). The van der Waals surface area contributed by atoms with Crippen molar-refractivity contribution in [1.29, 1.82) is 0 Å². The number of rotatable bonds is 13. The lowest BCUT2D eigenvalue weighted by molar-refractivity contribution is -0.134. The Balaban J connectivity index is 1.63. The van der Waals surface area contributed by atoms with Crippen LogP contribution in [0.4, 0.5) is 0 Å². The third kappa shape index (κ3) is 8.83. The van der Waals surface area contributed by atoms with E-state index in [1.54, 1.807) is 18.1 Å². The van der Waals surface area contributed by atoms with Gasteiger partial charge in [0.25, 0.3) is 0 Å². The molecule has 2 fully saturated rings. The van der Waals surface area contributed by atoms with Gasteiger partial charge in [-0.1, -0.05) is 26.2 Å². The quantitative estimate of drug-likeness (QED) is 0.226. The lowest BCUT2D eigenvalue weighted by Crippen LogP contribution is -2.52. The lowest BCUT2D eigenvalue weighted by atomic mass is 9.99. The van der Waals surface area contributed by atoms with Crippen LogP contribution >= 0.6 is 0 Å². The maximum Gasteiger partial charge on any atom is 0.246 e. The standard InChI is InChI=1S/C29H45N3O5/c1-5-7-8-9-10-23-19-25(28(35-4)20-27(23)36-6-2)26(33)11-12-29(34)32-17-18-37-24(22-32)21-31-15-13-30(3)14-16-31/h11-12,19-20,24H,5-10,13-18,21-22H2,1-4H3. The number of morpholine rings is 1. The van der Waals surface area contributed by atoms with E-state index in [4.69, 9.17) is 14.2 Å². The zero-order valence-corrected chi connectivity index (χ0v) is 23.2. The van der Waals surface area contributed by atoms with Gasteiger partial charge in [-0.2, -0.15) is 0 Å². The molecule has 2 aliphatic rings. The van der Waals surface area contributed by atoms with Gasteiger partial charge in [-0.05, 0) is 44.5 Å². The fourth-order valence-corrected chi connectivity index (χ4v) is 4.89. The van der Waals surface area contributed by atoms with Crippen molar-refractivity contribution in [2.24, 2.45) is 0 Å². The minimum Gasteiger partial charge on any atom is -0.496 e. The summed E-state index contributed by atoms with van der Waals surface area (Å²) in [5.41, 5.74) is 1.46. The second-order valence-electron chi connectivity index (χ2n) is 9.98. The summed E-state index contributed by atoms with van der Waals surface area (Å²) in [5, 5.41) is 0. The largest absolute Gasteiger partial charge is 0.496 e. The van der Waals surface area contributed by atoms with Gasteiger partial charge >= 0.3 is 0 Å². The number of benzene rings is 1. The fraction of sp³-hybridized carbons (Fsp3) is 0.655. The van der Waals surface area contributed by atoms with Gasteiger partial charge in [-0.3, -0.25) is 14.5 Å². The van der Waals surface area contributed by atoms with E-state index in [-0.39, 0.29) is 17.8 Å². The van der Waals surface area contributed by atoms with Crippen LogP contribution in [0, 0.1) is 0 Å². The molecule has 206 valence electrons. The van der Waals surface area contributed by atoms with Crippen molar-refractivity contribution in [1.82, 2.24) is 14.7 Å². The first-order chi connectivity index (χ1) is 17.9. The SMILES string of the molecule is CCCCCCc1cc(C(=O)C=CC(=O)N2CCOC(CN3CCN(C)CC3)C2)c(OC)cc1OCC. The van der Waals surface area contributed by atoms with Crippen LogP contribution in [0.2, 0.25) is 0 Å². The molecule has 0 aliphatic carbocycles. The van der Waals surface area contributed by atoms with Crippen LogP contribution in [0.25, 0.3) is 0 Å². The average molecular weight is 516 g/mol. The Morgan fingerprint density at radius 3 is 2.51 bits per heavy atom. The monoisotopic (exact) mass is 515 g/mol. The Kier molecular flexibility index (Phi) is 11.9. The Morgan fingerprint density at radius 2 is 1.81 bits per heavy atom. The number of carbonyl (C=O) groups excluding carboxylic acids is 2. The number of nitrogens with zero attached hydrogens (tertiary/aromatic N) is 3. The highest BCUT2D eigenvalue weighted by molar-refractivity contribution is 6.09. The Bertz CT molecular complexity index is 911. The number of aryl methyl sites for hydroxylation is 1. The summed E-state index contributed by atoms with van der Waals surface area (Å²) >= 11 is 0. The first-order valence-corrected chi connectivity index (χ1v) is 13.8. The zero-order valence-electron chi connectivity index (χ0n) is 23.2. The number of piperazine rings is 1. The van der Waals surface area contributed by atoms with Gasteiger partial charge in [-0.15, -0.1) is 0 Å². The molecule has 8 nitrogen and oxygen atoms in total. The van der Waals surface area contributed by atoms with E-state index in [1.807, 2.05) is 13.0 Å². The van der Waals surface area contributed by atoms with E-state index < -0.39 is 0 Å². The molecule has 1 amide bonds. The van der Waals surface area contributed by atoms with Crippen molar-refractivity contribution in [2.75, 3.05) is 73.2 Å². The first-order valence-electron chi connectivity index (χ1n) is 13.8. The number of amides is 1. The molecule has 8 heteroatoms. The number of allylic oxidation sites excluding steroid dienone is 1. The van der Waals surface area contributed by atoms with Crippen LogP contribution in [-0.4, -0.2) is 106 Å². The predicted molar refractivity (Wildman–Crippen MR) is 146 cm³/mol. The molecule has 1 aromatic carbocycles. The number of ketones is 1. The average Bonchev–Trinajstić information content (AvgIpc) is 2.91. The van der Waals surface area contributed by atoms with Gasteiger partial charge < -0.3 is 24.0 Å². The zero-order chi connectivity index (χ0) is 26.6. The molecule has 2 heterocycles. The smallest absolute Gasteiger partial charge is 0.246 e. The number of methoxy groups -OCH3 is 1. The van der Waals surface area contributed by atoms with Gasteiger partial charge in [0.05, 0.1) is 32.0 Å². The fourth-order valence-electron chi connectivity index (χ4n) is 4.89. The van der Waals surface area contributed by atoms with Gasteiger partial charge in [0.1, 0.15) is 11.5 Å². The third-order valence-corrected chi connectivity index (χ3v) is 7.13. The summed E-state index contributed by atoms with van der Waals surface area (Å²) in [6.07, 6.45) is 8.12. The third-order valence-electron chi connectivity index (χ3n) is 7.13. The van der Waals surface area contributed by atoms with E-state index in [1.165, 1.54) is 25.0 Å². The van der Waals surface area contributed by atoms with Crippen molar-refractivity contribution in [2.45, 2.75) is 52.1 Å². The summed E-state index contributed by atoms with van der Waals surface area (Å²) in [5.74, 6) is 0.809. The van der Waals surface area contributed by atoms with Crippen LogP contribution in [0.15, 0.2) is 24.3 Å². The molecule has 1 atom stereocenters. The minimum absolute atomic E-state index is 0.00771. The maximum atomic E-state index is 13.1. The van der Waals surface area contributed by atoms with Gasteiger partial charge in [0, 0.05) is 58.0 Å². The number of carbonyl (C=O) groups is 2. The Morgan fingerprint density at radius 1 is 1.03 bits per heavy atom. The minimum atomic E-state index is -0.245. The molecule has 0 radical (unpaired) electrons. The molecular weight excluding hydrogens is 470 g/mol. The molecule has 1 aromatic rings. The highest BCUT2D eigenvalue weighted by Crippen LogP contribution is 2.31. The first kappa shape index (κ1) is 29.1. The summed E-state index contributed by atoms with van der Waals surface area (Å²) in [7, 11) is 3.69. The molecule has 1 unspecified atom stereocenters. The van der Waals surface area contributed by atoms with E-state index in [0.717, 1.165) is 63.3 Å². The van der Waals surface area contributed by atoms with Crippen LogP contribution in [-0.2, 0) is 16.0 Å². The topological polar surface area (TPSA) is 71.6 Å². The van der Waals surface area contributed by atoms with Crippen molar-refractivity contribution >= 4 is 11.7 Å². The van der Waals surface area contributed by atoms with Crippen molar-refractivity contribution in [3.05, 3.63) is 35.4 Å². The molecule has 37 heavy (non-hydrogen) atoms. The van der Waals surface area contributed by atoms with Crippen LogP contribution in [0.3, 0.4) is 0 Å². The van der Waals surface area contributed by atoms with Crippen molar-refractivity contribution < 1.29 is 23.8 Å². The normalized spacial score (nSPS) is 19.4. The molecule has 0 saturated carbocycles. The van der Waals surface area contributed by atoms with E-state index in [9.17, 15) is 9.59 Å². The van der Waals surface area contributed by atoms with Gasteiger partial charge in [0.15, 0.2) is 5.78 Å². The highest BCUT2D eigenvalue weighted by atomic mass is 16.5. The van der Waals surface area contributed by atoms with Crippen LogP contribution in [0.1, 0.15) is 55.5 Å². The molecule has 0 aromatic heterocycles. The van der Waals surface area contributed by atoms with Crippen LogP contribution < -0.4 is 9.47 Å². The second kappa shape index (κ2) is 15.1. The van der Waals surface area contributed by atoms with E-state index in [2.05, 4.69) is 23.8 Å². The Labute approximate surface area is 222 Å². The molecule has 0 spiro atoms. The number of ether oxygens (including phenoxy) is 3. The number of hydrogen-bond donors (Lipinski definition) is 0. The maximum absolute atomic E-state index is 13.1. The van der Waals surface area contributed by atoms with E-state index in [0.29, 0.717) is 37.6 Å². The summed E-state index contributed by atoms with van der Waals surface area (Å²) < 4.78 is 17.3. The molecule has 0 bridgehead atoms. The van der Waals surface area contributed by atoms with Crippen molar-refractivity contribution in [3.63, 3.8) is 0 Å². The molecule has 2 aliphatic heterocycles. The second-order valence-corrected chi connectivity index (χ2v) is 9.98. The lowest BCUT2D eigenvalue weighted by Gasteiger charge is -2.38. The van der Waals surface area contributed by atoms with E-state index >= 15 is 0 Å². The van der Waals surface area contributed by atoms with Crippen LogP contribution in [0.5, 0.6) is 11.5 Å². The molecule has 0 N–H and O–H groups in total. The number of unbranched alkanes of at least 4 members (excludes halogenated alkanes) is 3. The summed E-state index contributed by atoms with van der Waals surface area (Å²) in [6, 6.07) is 3.67. The van der Waals surface area contributed by atoms with Gasteiger partial charge in [-0.25, -0.2) is 0 Å². The van der Waals surface area contributed by atoms with Crippen molar-refractivity contribution in [3.8, 4) is 11.5 Å². The summed E-state index contributed by atoms with van der Waals surface area (Å²) in [6.45, 7) is 11.2. The number of likely N-dealkylation sites (N-methyl/N-ethyl adjacent to an activating group) is 1. The number of hydrogen-bond acceptors (Lipinski definition) is 7. The molecular formula is C29H45N3O5. The Hall–Kier alpha value is -2.42.